The fourth-order valence-electron chi connectivity index (χ4n) is 3.50. The molecule has 7 heteroatoms. The number of ether oxygens (including phenoxy) is 1. The number of aryl methyl sites for hydroxylation is 2. The molecule has 7 nitrogen and oxygen atoms in total. The Morgan fingerprint density at radius 3 is 2.45 bits per heavy atom. The van der Waals surface area contributed by atoms with Crippen molar-refractivity contribution in [3.63, 3.8) is 0 Å². The van der Waals surface area contributed by atoms with Gasteiger partial charge in [0.15, 0.2) is 5.60 Å². The van der Waals surface area contributed by atoms with Gasteiger partial charge in [0.1, 0.15) is 12.3 Å². The Labute approximate surface area is 182 Å². The molecular formula is C24H29N3O4. The number of anilines is 2. The van der Waals surface area contributed by atoms with Crippen molar-refractivity contribution in [1.82, 2.24) is 5.32 Å². The number of nitrogens with zero attached hydrogens (tertiary/aromatic N) is 1. The molecule has 3 rings (SSSR count). The van der Waals surface area contributed by atoms with E-state index in [-0.39, 0.29) is 30.3 Å². The van der Waals surface area contributed by atoms with Gasteiger partial charge in [0, 0.05) is 17.3 Å². The third-order valence-corrected chi connectivity index (χ3v) is 5.01. The molecule has 0 aromatic heterocycles. The number of carbonyl (C=O) groups excluding carboxylic acids is 3. The number of benzene rings is 2. The number of rotatable bonds is 5. The van der Waals surface area contributed by atoms with Crippen molar-refractivity contribution < 1.29 is 19.1 Å². The first-order valence-corrected chi connectivity index (χ1v) is 10.3. The minimum atomic E-state index is -1.13. The molecule has 0 bridgehead atoms. The maximum absolute atomic E-state index is 13.1. The largest absolute Gasteiger partial charge is 0.476 e. The highest BCUT2D eigenvalue weighted by Crippen LogP contribution is 2.38. The molecule has 1 aliphatic heterocycles. The second kappa shape index (κ2) is 8.41. The molecular weight excluding hydrogens is 394 g/mol. The fraction of sp³-hybridized carbons (Fsp3) is 0.375. The molecule has 0 saturated heterocycles. The third-order valence-electron chi connectivity index (χ3n) is 5.01. The maximum atomic E-state index is 13.1. The van der Waals surface area contributed by atoms with Crippen LogP contribution in [-0.2, 0) is 9.59 Å². The maximum Gasteiger partial charge on any atom is 0.271 e. The van der Waals surface area contributed by atoms with E-state index in [1.54, 1.807) is 32.0 Å². The van der Waals surface area contributed by atoms with E-state index in [0.717, 1.165) is 11.1 Å². The van der Waals surface area contributed by atoms with E-state index in [1.807, 2.05) is 45.9 Å². The van der Waals surface area contributed by atoms with E-state index in [2.05, 4.69) is 10.6 Å². The Bertz CT molecular complexity index is 1040. The Morgan fingerprint density at radius 2 is 1.81 bits per heavy atom. The summed E-state index contributed by atoms with van der Waals surface area (Å²) in [5.41, 5.74) is 2.40. The summed E-state index contributed by atoms with van der Waals surface area (Å²) in [6, 6.07) is 10.6. The molecule has 2 aromatic rings. The molecule has 2 N–H and O–H groups in total. The lowest BCUT2D eigenvalue weighted by Gasteiger charge is -2.38. The van der Waals surface area contributed by atoms with Gasteiger partial charge in [-0.05, 0) is 71.4 Å². The Balaban J connectivity index is 1.90. The molecule has 0 spiro atoms. The van der Waals surface area contributed by atoms with E-state index in [4.69, 9.17) is 4.74 Å². The summed E-state index contributed by atoms with van der Waals surface area (Å²) in [5.74, 6) is -0.488. The minimum Gasteiger partial charge on any atom is -0.476 e. The van der Waals surface area contributed by atoms with Crippen LogP contribution in [0.4, 0.5) is 11.4 Å². The molecule has 1 heterocycles. The van der Waals surface area contributed by atoms with Crippen LogP contribution in [0.2, 0.25) is 0 Å². The zero-order valence-corrected chi connectivity index (χ0v) is 18.8. The van der Waals surface area contributed by atoms with Crippen LogP contribution in [0.25, 0.3) is 0 Å². The average molecular weight is 424 g/mol. The smallest absolute Gasteiger partial charge is 0.271 e. The molecule has 3 amide bonds. The summed E-state index contributed by atoms with van der Waals surface area (Å²) in [6.07, 6.45) is 0. The van der Waals surface area contributed by atoms with Crippen LogP contribution < -0.4 is 20.3 Å². The number of nitrogens with one attached hydrogen (secondary N) is 2. The molecule has 2 aromatic carbocycles. The Morgan fingerprint density at radius 1 is 1.10 bits per heavy atom. The second-order valence-corrected chi connectivity index (χ2v) is 8.68. The van der Waals surface area contributed by atoms with Crippen molar-refractivity contribution in [2.75, 3.05) is 16.8 Å². The van der Waals surface area contributed by atoms with Crippen molar-refractivity contribution >= 4 is 29.1 Å². The highest BCUT2D eigenvalue weighted by atomic mass is 16.5. The van der Waals surface area contributed by atoms with Gasteiger partial charge in [-0.1, -0.05) is 17.7 Å². The monoisotopic (exact) mass is 423 g/mol. The molecule has 0 fully saturated rings. The van der Waals surface area contributed by atoms with Crippen LogP contribution in [0.15, 0.2) is 36.4 Å². The molecule has 164 valence electrons. The zero-order valence-electron chi connectivity index (χ0n) is 18.8. The topological polar surface area (TPSA) is 87.7 Å². The summed E-state index contributed by atoms with van der Waals surface area (Å²) in [7, 11) is 0. The van der Waals surface area contributed by atoms with Gasteiger partial charge in [0.25, 0.3) is 11.8 Å². The molecule has 0 saturated carbocycles. The third kappa shape index (κ3) is 4.87. The molecule has 0 radical (unpaired) electrons. The van der Waals surface area contributed by atoms with Crippen LogP contribution in [0.3, 0.4) is 0 Å². The van der Waals surface area contributed by atoms with Gasteiger partial charge >= 0.3 is 0 Å². The van der Waals surface area contributed by atoms with Gasteiger partial charge < -0.3 is 15.4 Å². The molecule has 0 unspecified atom stereocenters. The SMILES string of the molecule is Cc1ccc(NC(=O)CN2C(=O)C(C)(C)Oc3ccc(C(=O)NC(C)C)cc32)c(C)c1. The van der Waals surface area contributed by atoms with Gasteiger partial charge in [-0.25, -0.2) is 0 Å². The minimum absolute atomic E-state index is 0.0278. The summed E-state index contributed by atoms with van der Waals surface area (Å²) >= 11 is 0. The van der Waals surface area contributed by atoms with Crippen molar-refractivity contribution in [2.24, 2.45) is 0 Å². The van der Waals surface area contributed by atoms with Gasteiger partial charge in [0.2, 0.25) is 5.91 Å². The van der Waals surface area contributed by atoms with Gasteiger partial charge in [0.05, 0.1) is 5.69 Å². The van der Waals surface area contributed by atoms with Crippen molar-refractivity contribution in [2.45, 2.75) is 53.2 Å². The Hall–Kier alpha value is -3.35. The van der Waals surface area contributed by atoms with Crippen LogP contribution in [0, 0.1) is 13.8 Å². The number of hydrogen-bond donors (Lipinski definition) is 2. The second-order valence-electron chi connectivity index (χ2n) is 8.68. The fourth-order valence-corrected chi connectivity index (χ4v) is 3.50. The predicted molar refractivity (Wildman–Crippen MR) is 121 cm³/mol. The van der Waals surface area contributed by atoms with Crippen molar-refractivity contribution in [3.8, 4) is 5.75 Å². The van der Waals surface area contributed by atoms with E-state index >= 15 is 0 Å². The first kappa shape index (κ1) is 22.3. The number of fused-ring (bicyclic) bond motifs is 1. The lowest BCUT2D eigenvalue weighted by Crippen LogP contribution is -2.54. The van der Waals surface area contributed by atoms with E-state index in [0.29, 0.717) is 22.7 Å². The lowest BCUT2D eigenvalue weighted by atomic mass is 10.0. The lowest BCUT2D eigenvalue weighted by molar-refractivity contribution is -0.133. The quantitative estimate of drug-likeness (QED) is 0.769. The first-order chi connectivity index (χ1) is 14.5. The van der Waals surface area contributed by atoms with Crippen LogP contribution >= 0.6 is 0 Å². The summed E-state index contributed by atoms with van der Waals surface area (Å²) in [4.78, 5) is 39.7. The first-order valence-electron chi connectivity index (χ1n) is 10.3. The molecule has 0 aliphatic carbocycles. The van der Waals surface area contributed by atoms with Gasteiger partial charge in [-0.2, -0.15) is 0 Å². The van der Waals surface area contributed by atoms with Crippen molar-refractivity contribution in [1.29, 1.82) is 0 Å². The highest BCUT2D eigenvalue weighted by Gasteiger charge is 2.42. The summed E-state index contributed by atoms with van der Waals surface area (Å²) < 4.78 is 5.86. The predicted octanol–water partition coefficient (Wildman–Crippen LogP) is 3.58. The zero-order chi connectivity index (χ0) is 22.9. The molecule has 0 atom stereocenters. The average Bonchev–Trinajstić information content (AvgIpc) is 2.66. The number of carbonyl (C=O) groups is 3. The molecule has 31 heavy (non-hydrogen) atoms. The molecule has 1 aliphatic rings. The normalized spacial score (nSPS) is 14.7. The van der Waals surface area contributed by atoms with E-state index in [1.165, 1.54) is 4.90 Å². The van der Waals surface area contributed by atoms with Crippen LogP contribution in [-0.4, -0.2) is 35.9 Å². The van der Waals surface area contributed by atoms with Crippen LogP contribution in [0.1, 0.15) is 49.2 Å². The highest BCUT2D eigenvalue weighted by molar-refractivity contribution is 6.08. The van der Waals surface area contributed by atoms with Gasteiger partial charge in [-0.3, -0.25) is 19.3 Å². The standard InChI is InChI=1S/C24H29N3O4/c1-14(2)25-22(29)17-8-10-20-19(12-17)27(23(30)24(5,6)31-20)13-21(28)26-18-9-7-15(3)11-16(18)4/h7-12,14H,13H2,1-6H3,(H,25,29)(H,26,28). The summed E-state index contributed by atoms with van der Waals surface area (Å²) in [5, 5.41) is 5.70. The van der Waals surface area contributed by atoms with Crippen LogP contribution in [0.5, 0.6) is 5.75 Å². The van der Waals surface area contributed by atoms with Gasteiger partial charge in [-0.15, -0.1) is 0 Å². The van der Waals surface area contributed by atoms with E-state index in [9.17, 15) is 14.4 Å². The Kier molecular flexibility index (Phi) is 6.06. The van der Waals surface area contributed by atoms with Crippen molar-refractivity contribution in [3.05, 3.63) is 53.1 Å². The number of hydrogen-bond acceptors (Lipinski definition) is 4. The number of amides is 3. The van der Waals surface area contributed by atoms with E-state index < -0.39 is 5.60 Å². The summed E-state index contributed by atoms with van der Waals surface area (Å²) in [6.45, 7) is 10.8.